The number of piperazine rings is 1. The highest BCUT2D eigenvalue weighted by Gasteiger charge is 2.28. The van der Waals surface area contributed by atoms with Gasteiger partial charge in [0.05, 0.1) is 23.7 Å². The molecule has 2 saturated heterocycles. The summed E-state index contributed by atoms with van der Waals surface area (Å²) in [7, 11) is -3.01. The summed E-state index contributed by atoms with van der Waals surface area (Å²) in [5, 5.41) is 6.03. The Kier molecular flexibility index (Phi) is 9.79. The van der Waals surface area contributed by atoms with Crippen molar-refractivity contribution in [3.8, 4) is 0 Å². The van der Waals surface area contributed by atoms with E-state index in [1.165, 1.54) is 6.07 Å². The molecule has 2 aliphatic heterocycles. The Balaban J connectivity index is 0.00000341. The topological polar surface area (TPSA) is 94.1 Å². The van der Waals surface area contributed by atoms with Crippen molar-refractivity contribution in [2.75, 3.05) is 55.7 Å². The molecule has 0 aliphatic carbocycles. The van der Waals surface area contributed by atoms with Gasteiger partial charge in [-0.25, -0.2) is 12.8 Å². The van der Waals surface area contributed by atoms with E-state index in [9.17, 15) is 17.6 Å². The Morgan fingerprint density at radius 3 is 2.55 bits per heavy atom. The first-order valence-electron chi connectivity index (χ1n) is 10.4. The number of halogens is 2. The summed E-state index contributed by atoms with van der Waals surface area (Å²) < 4.78 is 37.0. The molecule has 3 rings (SSSR count). The zero-order valence-corrected chi connectivity index (χ0v) is 20.9. The Hall–Kier alpha value is -1.63. The van der Waals surface area contributed by atoms with Crippen molar-refractivity contribution >= 4 is 51.4 Å². The van der Waals surface area contributed by atoms with Crippen LogP contribution in [0.3, 0.4) is 0 Å². The molecule has 2 heterocycles. The van der Waals surface area contributed by atoms with Gasteiger partial charge in [-0.3, -0.25) is 9.79 Å². The second-order valence-electron chi connectivity index (χ2n) is 7.58. The van der Waals surface area contributed by atoms with Crippen LogP contribution in [0.1, 0.15) is 19.8 Å². The van der Waals surface area contributed by atoms with Gasteiger partial charge < -0.3 is 20.4 Å². The van der Waals surface area contributed by atoms with Crippen molar-refractivity contribution in [3.63, 3.8) is 0 Å². The molecule has 1 aromatic carbocycles. The lowest BCUT2D eigenvalue weighted by Gasteiger charge is -2.37. The molecule has 0 spiro atoms. The molecule has 1 amide bonds. The summed E-state index contributed by atoms with van der Waals surface area (Å²) in [6.07, 6.45) is 0.687. The van der Waals surface area contributed by atoms with E-state index in [-0.39, 0.29) is 59.7 Å². The number of benzene rings is 1. The molecular formula is C20H31FIN5O3S. The molecule has 1 unspecified atom stereocenters. The maximum atomic E-state index is 14.0. The molecule has 0 bridgehead atoms. The standard InChI is InChI=1S/C20H30FN5O3S.HI/c1-2-22-20(23-9-7-19(27)24-16-8-14-30(28,29)15-16)26-12-10-25(11-13-26)18-6-4-3-5-17(18)21;/h3-6,16H,2,7-15H2,1H3,(H,22,23)(H,24,27);1H. The van der Waals surface area contributed by atoms with Crippen LogP contribution in [0.15, 0.2) is 29.3 Å². The van der Waals surface area contributed by atoms with Crippen LogP contribution in [-0.2, 0) is 14.6 Å². The highest BCUT2D eigenvalue weighted by atomic mass is 127. The fraction of sp³-hybridized carbons (Fsp3) is 0.600. The molecule has 8 nitrogen and oxygen atoms in total. The van der Waals surface area contributed by atoms with Crippen LogP contribution in [0.25, 0.3) is 0 Å². The number of guanidine groups is 1. The predicted octanol–water partition coefficient (Wildman–Crippen LogP) is 1.22. The molecule has 1 aromatic rings. The van der Waals surface area contributed by atoms with Gasteiger partial charge in [-0.05, 0) is 25.5 Å². The number of nitrogens with zero attached hydrogens (tertiary/aromatic N) is 3. The van der Waals surface area contributed by atoms with Crippen molar-refractivity contribution in [2.24, 2.45) is 4.99 Å². The Morgan fingerprint density at radius 1 is 1.23 bits per heavy atom. The smallest absolute Gasteiger partial charge is 0.222 e. The number of para-hydroxylation sites is 1. The van der Waals surface area contributed by atoms with E-state index in [0.717, 1.165) is 5.96 Å². The first kappa shape index (κ1) is 25.6. The van der Waals surface area contributed by atoms with E-state index >= 15 is 0 Å². The van der Waals surface area contributed by atoms with Crippen molar-refractivity contribution < 1.29 is 17.6 Å². The van der Waals surface area contributed by atoms with Crippen LogP contribution in [0.2, 0.25) is 0 Å². The Morgan fingerprint density at radius 2 is 1.94 bits per heavy atom. The van der Waals surface area contributed by atoms with E-state index in [4.69, 9.17) is 0 Å². The monoisotopic (exact) mass is 567 g/mol. The minimum absolute atomic E-state index is 0. The number of hydrogen-bond donors (Lipinski definition) is 2. The lowest BCUT2D eigenvalue weighted by Crippen LogP contribution is -2.52. The SMILES string of the molecule is CCNC(=NCCC(=O)NC1CCS(=O)(=O)C1)N1CCN(c2ccccc2F)CC1.I. The minimum Gasteiger partial charge on any atom is -0.366 e. The van der Waals surface area contributed by atoms with Gasteiger partial charge in [0.25, 0.3) is 0 Å². The van der Waals surface area contributed by atoms with E-state index in [1.54, 1.807) is 12.1 Å². The molecule has 0 radical (unpaired) electrons. The minimum atomic E-state index is -3.01. The van der Waals surface area contributed by atoms with E-state index < -0.39 is 9.84 Å². The summed E-state index contributed by atoms with van der Waals surface area (Å²) in [6, 6.07) is 6.50. The Bertz CT molecular complexity index is 875. The molecule has 11 heteroatoms. The molecule has 2 N–H and O–H groups in total. The van der Waals surface area contributed by atoms with Crippen LogP contribution in [0.5, 0.6) is 0 Å². The number of hydrogen-bond acceptors (Lipinski definition) is 5. The molecule has 174 valence electrons. The molecule has 1 atom stereocenters. The summed E-state index contributed by atoms with van der Waals surface area (Å²) in [4.78, 5) is 20.8. The molecule has 0 aromatic heterocycles. The molecule has 2 aliphatic rings. The van der Waals surface area contributed by atoms with E-state index in [1.807, 2.05) is 17.9 Å². The average molecular weight is 567 g/mol. The van der Waals surface area contributed by atoms with Gasteiger partial charge >= 0.3 is 0 Å². The highest BCUT2D eigenvalue weighted by Crippen LogP contribution is 2.20. The number of sulfone groups is 1. The molecular weight excluding hydrogens is 536 g/mol. The van der Waals surface area contributed by atoms with Gasteiger partial charge in [0.15, 0.2) is 15.8 Å². The highest BCUT2D eigenvalue weighted by molar-refractivity contribution is 14.0. The number of anilines is 1. The summed E-state index contributed by atoms with van der Waals surface area (Å²) in [5.74, 6) is 0.506. The summed E-state index contributed by atoms with van der Waals surface area (Å²) in [5.41, 5.74) is 0.615. The van der Waals surface area contributed by atoms with Crippen molar-refractivity contribution in [2.45, 2.75) is 25.8 Å². The zero-order chi connectivity index (χ0) is 21.6. The first-order valence-corrected chi connectivity index (χ1v) is 12.2. The van der Waals surface area contributed by atoms with Gasteiger partial charge in [0.1, 0.15) is 5.82 Å². The summed E-state index contributed by atoms with van der Waals surface area (Å²) >= 11 is 0. The number of carbonyl (C=O) groups is 1. The van der Waals surface area contributed by atoms with Crippen LogP contribution >= 0.6 is 24.0 Å². The lowest BCUT2D eigenvalue weighted by atomic mass is 10.2. The number of carbonyl (C=O) groups excluding carboxylic acids is 1. The quantitative estimate of drug-likeness (QED) is 0.305. The largest absolute Gasteiger partial charge is 0.366 e. The Labute approximate surface area is 200 Å². The third kappa shape index (κ3) is 7.48. The second-order valence-corrected chi connectivity index (χ2v) is 9.81. The lowest BCUT2D eigenvalue weighted by molar-refractivity contribution is -0.121. The van der Waals surface area contributed by atoms with Gasteiger partial charge in [-0.2, -0.15) is 0 Å². The molecule has 0 saturated carbocycles. The number of nitrogens with one attached hydrogen (secondary N) is 2. The second kappa shape index (κ2) is 11.8. The fourth-order valence-corrected chi connectivity index (χ4v) is 5.44. The van der Waals surface area contributed by atoms with Crippen LogP contribution in [0, 0.1) is 5.82 Å². The van der Waals surface area contributed by atoms with Crippen molar-refractivity contribution in [1.82, 2.24) is 15.5 Å². The number of aliphatic imine (C=N–C) groups is 1. The summed E-state index contributed by atoms with van der Waals surface area (Å²) in [6.45, 7) is 5.78. The van der Waals surface area contributed by atoms with Crippen LogP contribution in [0.4, 0.5) is 10.1 Å². The maximum Gasteiger partial charge on any atom is 0.222 e. The molecule has 2 fully saturated rings. The van der Waals surface area contributed by atoms with Gasteiger partial charge in [-0.1, -0.05) is 12.1 Å². The van der Waals surface area contributed by atoms with Crippen molar-refractivity contribution in [1.29, 1.82) is 0 Å². The van der Waals surface area contributed by atoms with Crippen LogP contribution < -0.4 is 15.5 Å². The third-order valence-electron chi connectivity index (χ3n) is 5.31. The molecule has 31 heavy (non-hydrogen) atoms. The number of rotatable bonds is 6. The van der Waals surface area contributed by atoms with E-state index in [0.29, 0.717) is 51.4 Å². The van der Waals surface area contributed by atoms with E-state index in [2.05, 4.69) is 20.5 Å². The average Bonchev–Trinajstić information content (AvgIpc) is 3.06. The van der Waals surface area contributed by atoms with Gasteiger partial charge in [-0.15, -0.1) is 24.0 Å². The normalized spacial score (nSPS) is 20.8. The van der Waals surface area contributed by atoms with Crippen LogP contribution in [-0.4, -0.2) is 82.0 Å². The van der Waals surface area contributed by atoms with Crippen molar-refractivity contribution in [3.05, 3.63) is 30.1 Å². The fourth-order valence-electron chi connectivity index (χ4n) is 3.77. The van der Waals surface area contributed by atoms with Gasteiger partial charge in [0.2, 0.25) is 5.91 Å². The first-order chi connectivity index (χ1) is 14.4. The number of amides is 1. The van der Waals surface area contributed by atoms with Gasteiger partial charge in [0, 0.05) is 45.2 Å². The third-order valence-corrected chi connectivity index (χ3v) is 7.07. The zero-order valence-electron chi connectivity index (χ0n) is 17.7. The maximum absolute atomic E-state index is 14.0. The predicted molar refractivity (Wildman–Crippen MR) is 131 cm³/mol.